The normalized spacial score (nSPS) is 14.0. The zero-order chi connectivity index (χ0) is 20.6. The van der Waals surface area contributed by atoms with E-state index in [2.05, 4.69) is 25.2 Å². The van der Waals surface area contributed by atoms with E-state index in [-0.39, 0.29) is 18.3 Å². The van der Waals surface area contributed by atoms with E-state index in [0.29, 0.717) is 11.8 Å². The fraction of sp³-hybridized carbons (Fsp3) is 0.333. The molecule has 0 atom stereocenters. The summed E-state index contributed by atoms with van der Waals surface area (Å²) in [5, 5.41) is 7.64. The highest BCUT2D eigenvalue weighted by Gasteiger charge is 2.34. The van der Waals surface area contributed by atoms with Gasteiger partial charge in [-0.3, -0.25) is 0 Å². The molecule has 1 aromatic carbocycles. The molecule has 1 saturated heterocycles. The van der Waals surface area contributed by atoms with Crippen LogP contribution < -0.4 is 9.64 Å². The van der Waals surface area contributed by atoms with Gasteiger partial charge in [0.05, 0.1) is 35.0 Å². The second-order valence-corrected chi connectivity index (χ2v) is 6.57. The van der Waals surface area contributed by atoms with Crippen LogP contribution in [0, 0.1) is 12.7 Å². The summed E-state index contributed by atoms with van der Waals surface area (Å²) in [5.74, 6) is -1.35. The third-order valence-electron chi connectivity index (χ3n) is 4.54. The molecule has 3 aromatic rings. The molecule has 29 heavy (non-hydrogen) atoms. The third kappa shape index (κ3) is 3.98. The first-order chi connectivity index (χ1) is 13.8. The Kier molecular flexibility index (Phi) is 4.81. The van der Waals surface area contributed by atoms with Crippen LogP contribution in [0.1, 0.15) is 23.4 Å². The van der Waals surface area contributed by atoms with Crippen molar-refractivity contribution in [1.29, 1.82) is 0 Å². The molecule has 2 aromatic heterocycles. The van der Waals surface area contributed by atoms with Gasteiger partial charge in [0.25, 0.3) is 0 Å². The van der Waals surface area contributed by atoms with Crippen molar-refractivity contribution in [3.8, 4) is 11.7 Å². The third-order valence-corrected chi connectivity index (χ3v) is 4.54. The summed E-state index contributed by atoms with van der Waals surface area (Å²) in [4.78, 5) is 10.7. The van der Waals surface area contributed by atoms with Crippen molar-refractivity contribution in [1.82, 2.24) is 25.0 Å². The highest BCUT2D eigenvalue weighted by molar-refractivity contribution is 5.50. The van der Waals surface area contributed by atoms with Gasteiger partial charge in [-0.15, -0.1) is 5.10 Å². The molecule has 0 saturated carbocycles. The SMILES string of the molecule is Cc1nc(OCc2cn(-c3ccc(F)c(C(F)(F)F)c3)nn2)ncc1N1CCC1. The van der Waals surface area contributed by atoms with Gasteiger partial charge >= 0.3 is 12.2 Å². The summed E-state index contributed by atoms with van der Waals surface area (Å²) < 4.78 is 58.7. The lowest BCUT2D eigenvalue weighted by molar-refractivity contribution is -0.140. The molecule has 0 bridgehead atoms. The van der Waals surface area contributed by atoms with Crippen LogP contribution in [0.15, 0.2) is 30.6 Å². The maximum absolute atomic E-state index is 13.4. The Morgan fingerprint density at radius 3 is 2.66 bits per heavy atom. The van der Waals surface area contributed by atoms with E-state index in [1.807, 2.05) is 6.92 Å². The fourth-order valence-corrected chi connectivity index (χ4v) is 2.88. The van der Waals surface area contributed by atoms with Crippen LogP contribution in [0.25, 0.3) is 5.69 Å². The van der Waals surface area contributed by atoms with E-state index in [1.54, 1.807) is 6.20 Å². The Morgan fingerprint density at radius 2 is 2.00 bits per heavy atom. The molecular weight excluding hydrogens is 392 g/mol. The van der Waals surface area contributed by atoms with Gasteiger partial charge in [0.2, 0.25) is 0 Å². The van der Waals surface area contributed by atoms with Crippen molar-refractivity contribution in [2.75, 3.05) is 18.0 Å². The first kappa shape index (κ1) is 19.1. The quantitative estimate of drug-likeness (QED) is 0.604. The van der Waals surface area contributed by atoms with E-state index in [0.717, 1.165) is 41.6 Å². The number of alkyl halides is 3. The molecule has 152 valence electrons. The molecule has 4 rings (SSSR count). The second-order valence-electron chi connectivity index (χ2n) is 6.57. The van der Waals surface area contributed by atoms with Crippen LogP contribution in [0.3, 0.4) is 0 Å². The number of aromatic nitrogens is 5. The zero-order valence-corrected chi connectivity index (χ0v) is 15.3. The highest BCUT2D eigenvalue weighted by Crippen LogP contribution is 2.32. The first-order valence-corrected chi connectivity index (χ1v) is 8.81. The van der Waals surface area contributed by atoms with Crippen molar-refractivity contribution in [2.24, 2.45) is 0 Å². The monoisotopic (exact) mass is 408 g/mol. The van der Waals surface area contributed by atoms with Gasteiger partial charge in [-0.2, -0.15) is 18.2 Å². The van der Waals surface area contributed by atoms with Gasteiger partial charge in [-0.25, -0.2) is 14.1 Å². The van der Waals surface area contributed by atoms with Gasteiger partial charge < -0.3 is 9.64 Å². The molecule has 0 aliphatic carbocycles. The van der Waals surface area contributed by atoms with Gasteiger partial charge in [-0.1, -0.05) is 5.21 Å². The van der Waals surface area contributed by atoms with Crippen molar-refractivity contribution in [3.63, 3.8) is 0 Å². The molecule has 0 N–H and O–H groups in total. The number of nitrogens with zero attached hydrogens (tertiary/aromatic N) is 6. The van der Waals surface area contributed by atoms with Crippen LogP contribution in [0.2, 0.25) is 0 Å². The number of hydrogen-bond donors (Lipinski definition) is 0. The van der Waals surface area contributed by atoms with Gasteiger partial charge in [-0.05, 0) is 31.5 Å². The number of ether oxygens (including phenoxy) is 1. The lowest BCUT2D eigenvalue weighted by Crippen LogP contribution is -2.37. The number of rotatable bonds is 5. The van der Waals surface area contributed by atoms with Crippen LogP contribution in [-0.4, -0.2) is 38.1 Å². The van der Waals surface area contributed by atoms with Crippen LogP contribution in [0.5, 0.6) is 6.01 Å². The summed E-state index contributed by atoms with van der Waals surface area (Å²) in [6.45, 7) is 3.81. The zero-order valence-electron chi connectivity index (χ0n) is 15.3. The minimum Gasteiger partial charge on any atom is -0.457 e. The van der Waals surface area contributed by atoms with Crippen LogP contribution in [-0.2, 0) is 12.8 Å². The molecule has 1 aliphatic rings. The predicted octanol–water partition coefficient (Wildman–Crippen LogP) is 3.31. The summed E-state index contributed by atoms with van der Waals surface area (Å²) in [6.07, 6.45) is -0.560. The Labute approximate surface area is 162 Å². The first-order valence-electron chi connectivity index (χ1n) is 8.81. The molecule has 0 amide bonds. The number of aryl methyl sites for hydroxylation is 1. The standard InChI is InChI=1S/C18H16F4N6O/c1-11-16(27-5-2-6-27)8-23-17(24-11)29-10-12-9-28(26-25-12)13-3-4-15(19)14(7-13)18(20,21)22/h3-4,7-9H,2,5-6,10H2,1H3. The molecule has 1 fully saturated rings. The highest BCUT2D eigenvalue weighted by atomic mass is 19.4. The molecule has 1 aliphatic heterocycles. The Hall–Kier alpha value is -3.24. The Bertz CT molecular complexity index is 1030. The molecule has 7 nitrogen and oxygen atoms in total. The summed E-state index contributed by atoms with van der Waals surface area (Å²) in [7, 11) is 0. The van der Waals surface area contributed by atoms with Crippen molar-refractivity contribution < 1.29 is 22.3 Å². The molecule has 0 radical (unpaired) electrons. The van der Waals surface area contributed by atoms with Crippen molar-refractivity contribution in [2.45, 2.75) is 26.1 Å². The lowest BCUT2D eigenvalue weighted by Gasteiger charge is -2.33. The van der Waals surface area contributed by atoms with Gasteiger partial charge in [0, 0.05) is 13.1 Å². The van der Waals surface area contributed by atoms with Gasteiger partial charge in [0.1, 0.15) is 18.1 Å². The average Bonchev–Trinajstić information content (AvgIpc) is 3.09. The van der Waals surface area contributed by atoms with E-state index >= 15 is 0 Å². The van der Waals surface area contributed by atoms with Crippen LogP contribution in [0.4, 0.5) is 23.2 Å². The molecule has 0 spiro atoms. The fourth-order valence-electron chi connectivity index (χ4n) is 2.88. The van der Waals surface area contributed by atoms with E-state index in [1.165, 1.54) is 12.3 Å². The van der Waals surface area contributed by atoms with E-state index < -0.39 is 17.6 Å². The van der Waals surface area contributed by atoms with E-state index in [4.69, 9.17) is 4.74 Å². The lowest BCUT2D eigenvalue weighted by atomic mass is 10.2. The molecular formula is C18H16F4N6O. The molecule has 0 unspecified atom stereocenters. The Morgan fingerprint density at radius 1 is 1.21 bits per heavy atom. The van der Waals surface area contributed by atoms with Gasteiger partial charge in [0.15, 0.2) is 0 Å². The summed E-state index contributed by atoms with van der Waals surface area (Å²) in [6, 6.07) is 2.77. The Balaban J connectivity index is 1.45. The second kappa shape index (κ2) is 7.30. The minimum atomic E-state index is -4.80. The van der Waals surface area contributed by atoms with Crippen LogP contribution >= 0.6 is 0 Å². The number of hydrogen-bond acceptors (Lipinski definition) is 6. The largest absolute Gasteiger partial charge is 0.457 e. The summed E-state index contributed by atoms with van der Waals surface area (Å²) in [5.41, 5.74) is 0.782. The maximum Gasteiger partial charge on any atom is 0.419 e. The van der Waals surface area contributed by atoms with Crippen molar-refractivity contribution >= 4 is 5.69 Å². The molecule has 3 heterocycles. The summed E-state index contributed by atoms with van der Waals surface area (Å²) >= 11 is 0. The molecule has 11 heteroatoms. The maximum atomic E-state index is 13.4. The average molecular weight is 408 g/mol. The topological polar surface area (TPSA) is 69.0 Å². The number of halogens is 4. The minimum absolute atomic E-state index is 0.0180. The van der Waals surface area contributed by atoms with Crippen molar-refractivity contribution in [3.05, 3.63) is 53.4 Å². The van der Waals surface area contributed by atoms with E-state index in [9.17, 15) is 17.6 Å². The predicted molar refractivity (Wildman–Crippen MR) is 94.3 cm³/mol. The smallest absolute Gasteiger partial charge is 0.419 e. The number of benzene rings is 1. The number of anilines is 1.